The minimum atomic E-state index is -0.904. The third-order valence-corrected chi connectivity index (χ3v) is 3.20. The Balaban J connectivity index is 3.45. The molecule has 0 aromatic carbocycles. The first-order chi connectivity index (χ1) is 11.8. The second kappa shape index (κ2) is 19.0. The van der Waals surface area contributed by atoms with E-state index in [1.165, 1.54) is 6.42 Å². The number of unbranched alkanes of at least 4 members (excludes halogenated alkanes) is 3. The van der Waals surface area contributed by atoms with Crippen LogP contribution in [0.25, 0.3) is 0 Å². The lowest BCUT2D eigenvalue weighted by Gasteiger charge is -1.92. The maximum Gasteiger partial charge on any atom is 0.328 e. The highest BCUT2D eigenvalue weighted by Crippen LogP contribution is 2.02. The maximum absolute atomic E-state index is 10.2. The molecule has 0 saturated heterocycles. The summed E-state index contributed by atoms with van der Waals surface area (Å²) < 4.78 is 0. The molecule has 0 fully saturated rings. The van der Waals surface area contributed by atoms with Crippen molar-refractivity contribution in [2.24, 2.45) is 0 Å². The molecule has 0 amide bonds. The minimum absolute atomic E-state index is 0.904. The van der Waals surface area contributed by atoms with Crippen molar-refractivity contribution in [3.63, 3.8) is 0 Å². The highest BCUT2D eigenvalue weighted by Gasteiger charge is 1.84. The summed E-state index contributed by atoms with van der Waals surface area (Å²) in [5.41, 5.74) is 0. The van der Waals surface area contributed by atoms with Gasteiger partial charge in [-0.15, -0.1) is 0 Å². The molecule has 2 nitrogen and oxygen atoms in total. The van der Waals surface area contributed by atoms with Crippen LogP contribution in [0.3, 0.4) is 0 Å². The fourth-order valence-corrected chi connectivity index (χ4v) is 1.93. The topological polar surface area (TPSA) is 37.3 Å². The molecule has 0 unspecified atom stereocenters. The summed E-state index contributed by atoms with van der Waals surface area (Å²) in [4.78, 5) is 10.2. The van der Waals surface area contributed by atoms with E-state index in [0.717, 1.165) is 51.0 Å². The van der Waals surface area contributed by atoms with Crippen LogP contribution >= 0.6 is 0 Å². The number of carbonyl (C=O) groups is 1. The van der Waals surface area contributed by atoms with E-state index in [0.29, 0.717) is 0 Å². The Bertz CT molecular complexity index is 462. The molecular weight excluding hydrogens is 296 g/mol. The Morgan fingerprint density at radius 1 is 0.708 bits per heavy atom. The average molecular weight is 328 g/mol. The van der Waals surface area contributed by atoms with E-state index in [1.807, 2.05) is 6.08 Å². The van der Waals surface area contributed by atoms with Crippen molar-refractivity contribution < 1.29 is 9.90 Å². The molecule has 132 valence electrons. The van der Waals surface area contributed by atoms with Gasteiger partial charge >= 0.3 is 5.97 Å². The lowest BCUT2D eigenvalue weighted by atomic mass is 10.1. The van der Waals surface area contributed by atoms with Crippen molar-refractivity contribution in [1.29, 1.82) is 0 Å². The fraction of sp³-hybridized carbons (Fsp3) is 0.409. The van der Waals surface area contributed by atoms with Crippen molar-refractivity contribution in [2.75, 3.05) is 0 Å². The molecule has 24 heavy (non-hydrogen) atoms. The van der Waals surface area contributed by atoms with Gasteiger partial charge in [-0.25, -0.2) is 4.79 Å². The zero-order chi connectivity index (χ0) is 17.7. The zero-order valence-corrected chi connectivity index (χ0v) is 14.9. The SMILES string of the molecule is CC/C=C\C/C=C/C/C=C\C/C=C\CCCCC=CC=CC(=O)O. The second-order valence-corrected chi connectivity index (χ2v) is 5.41. The largest absolute Gasteiger partial charge is 0.478 e. The smallest absolute Gasteiger partial charge is 0.328 e. The molecule has 0 saturated carbocycles. The number of allylic oxidation sites excluding steroid dienone is 11. The Hall–Kier alpha value is -2.09. The summed E-state index contributed by atoms with van der Waals surface area (Å²) in [7, 11) is 0. The van der Waals surface area contributed by atoms with Crippen molar-refractivity contribution >= 4 is 5.97 Å². The molecule has 0 bridgehead atoms. The van der Waals surface area contributed by atoms with Crippen molar-refractivity contribution in [3.05, 3.63) is 72.9 Å². The average Bonchev–Trinajstić information content (AvgIpc) is 2.56. The summed E-state index contributed by atoms with van der Waals surface area (Å²) in [6.07, 6.45) is 32.8. The zero-order valence-electron chi connectivity index (χ0n) is 14.9. The van der Waals surface area contributed by atoms with Gasteiger partial charge in [-0.3, -0.25) is 0 Å². The summed E-state index contributed by atoms with van der Waals surface area (Å²) in [6.45, 7) is 2.15. The highest BCUT2D eigenvalue weighted by atomic mass is 16.4. The van der Waals surface area contributed by atoms with Crippen LogP contribution in [0.2, 0.25) is 0 Å². The monoisotopic (exact) mass is 328 g/mol. The summed E-state index contributed by atoms with van der Waals surface area (Å²) in [5.74, 6) is -0.904. The molecular formula is C22H32O2. The highest BCUT2D eigenvalue weighted by molar-refractivity contribution is 5.80. The van der Waals surface area contributed by atoms with Crippen LogP contribution in [0.15, 0.2) is 72.9 Å². The Kier molecular flexibility index (Phi) is 17.3. The Morgan fingerprint density at radius 3 is 1.75 bits per heavy atom. The van der Waals surface area contributed by atoms with E-state index < -0.39 is 5.97 Å². The van der Waals surface area contributed by atoms with E-state index in [2.05, 4.69) is 55.5 Å². The maximum atomic E-state index is 10.2. The first-order valence-electron chi connectivity index (χ1n) is 8.93. The molecule has 0 aliphatic rings. The van der Waals surface area contributed by atoms with E-state index in [9.17, 15) is 4.79 Å². The van der Waals surface area contributed by atoms with Crippen molar-refractivity contribution in [3.8, 4) is 0 Å². The number of carboxylic acids is 1. The number of rotatable bonds is 14. The van der Waals surface area contributed by atoms with E-state index >= 15 is 0 Å². The first kappa shape index (κ1) is 21.9. The van der Waals surface area contributed by atoms with E-state index in [4.69, 9.17) is 5.11 Å². The molecule has 0 aromatic rings. The first-order valence-corrected chi connectivity index (χ1v) is 8.93. The third kappa shape index (κ3) is 19.9. The normalized spacial score (nSPS) is 13.0. The lowest BCUT2D eigenvalue weighted by molar-refractivity contribution is -0.131. The molecule has 0 aromatic heterocycles. The van der Waals surface area contributed by atoms with Crippen LogP contribution in [0.4, 0.5) is 0 Å². The predicted octanol–water partition coefficient (Wildman–Crippen LogP) is 6.55. The van der Waals surface area contributed by atoms with E-state index in [1.54, 1.807) is 12.2 Å². The van der Waals surface area contributed by atoms with Gasteiger partial charge < -0.3 is 5.11 Å². The summed E-state index contributed by atoms with van der Waals surface area (Å²) in [5, 5.41) is 8.42. The molecule has 2 heteroatoms. The Labute approximate surface area is 147 Å². The summed E-state index contributed by atoms with van der Waals surface area (Å²) >= 11 is 0. The van der Waals surface area contributed by atoms with Gasteiger partial charge in [0.05, 0.1) is 0 Å². The van der Waals surface area contributed by atoms with Crippen molar-refractivity contribution in [1.82, 2.24) is 0 Å². The number of aliphatic carboxylic acids is 1. The van der Waals surface area contributed by atoms with Crippen molar-refractivity contribution in [2.45, 2.75) is 58.3 Å². The molecule has 0 aliphatic heterocycles. The van der Waals surface area contributed by atoms with Crippen LogP contribution in [-0.4, -0.2) is 11.1 Å². The van der Waals surface area contributed by atoms with Gasteiger partial charge in [0, 0.05) is 6.08 Å². The molecule has 1 N–H and O–H groups in total. The predicted molar refractivity (Wildman–Crippen MR) is 105 cm³/mol. The molecule has 0 spiro atoms. The molecule has 0 atom stereocenters. The number of hydrogen-bond acceptors (Lipinski definition) is 1. The van der Waals surface area contributed by atoms with Gasteiger partial charge in [-0.05, 0) is 51.4 Å². The lowest BCUT2D eigenvalue weighted by Crippen LogP contribution is -1.84. The second-order valence-electron chi connectivity index (χ2n) is 5.41. The minimum Gasteiger partial charge on any atom is -0.478 e. The van der Waals surface area contributed by atoms with Crippen LogP contribution in [-0.2, 0) is 4.79 Å². The molecule has 0 aliphatic carbocycles. The number of carboxylic acid groups (broad SMARTS) is 1. The van der Waals surface area contributed by atoms with Crippen LogP contribution in [0, 0.1) is 0 Å². The van der Waals surface area contributed by atoms with E-state index in [-0.39, 0.29) is 0 Å². The fourth-order valence-electron chi connectivity index (χ4n) is 1.93. The van der Waals surface area contributed by atoms with Gasteiger partial charge in [0.1, 0.15) is 0 Å². The van der Waals surface area contributed by atoms with Crippen LogP contribution in [0.1, 0.15) is 58.3 Å². The standard InChI is InChI=1S/C22H32O2/c1-2-3-4-5-6-7-8-9-10-11-12-13-14-15-16-17-18-19-20-21-22(23)24/h3-4,6-7,9-10,12-13,18-21H,2,5,8,11,14-17H2,1H3,(H,23,24)/b4-3-,7-6+,10-9-,13-12-,19-18?,21-20?. The number of hydrogen-bond donors (Lipinski definition) is 1. The van der Waals surface area contributed by atoms with Crippen LogP contribution in [0.5, 0.6) is 0 Å². The summed E-state index contributed by atoms with van der Waals surface area (Å²) in [6, 6.07) is 0. The van der Waals surface area contributed by atoms with Gasteiger partial charge in [-0.1, -0.05) is 73.8 Å². The van der Waals surface area contributed by atoms with Gasteiger partial charge in [-0.2, -0.15) is 0 Å². The third-order valence-electron chi connectivity index (χ3n) is 3.20. The molecule has 0 rings (SSSR count). The molecule has 0 radical (unpaired) electrons. The van der Waals surface area contributed by atoms with Gasteiger partial charge in [0.2, 0.25) is 0 Å². The quantitative estimate of drug-likeness (QED) is 0.170. The Morgan fingerprint density at radius 2 is 1.21 bits per heavy atom. The van der Waals surface area contributed by atoms with Gasteiger partial charge in [0.15, 0.2) is 0 Å². The van der Waals surface area contributed by atoms with Gasteiger partial charge in [0.25, 0.3) is 0 Å². The van der Waals surface area contributed by atoms with Crippen LogP contribution < -0.4 is 0 Å². The molecule has 0 heterocycles.